The number of methoxy groups -OCH3 is 1. The second kappa shape index (κ2) is 46.0. The average molecular weight is 1490 g/mol. The Morgan fingerprint density at radius 2 is 1.28 bits per heavy atom. The fourth-order valence-corrected chi connectivity index (χ4v) is 13.1. The van der Waals surface area contributed by atoms with Crippen molar-refractivity contribution in [3.05, 3.63) is 102 Å². The van der Waals surface area contributed by atoms with E-state index in [1.807, 2.05) is 60.7 Å². The molecule has 2 unspecified atom stereocenters. The number of nitrogens with zero attached hydrogens (tertiary/aromatic N) is 6. The number of carboxylic acids is 1. The van der Waals surface area contributed by atoms with Gasteiger partial charge in [0.2, 0.25) is 29.5 Å². The molecule has 5 heterocycles. The number of rotatable bonds is 51. The number of carboxylic acid groups (broad SMARTS) is 1. The van der Waals surface area contributed by atoms with Crippen LogP contribution < -0.4 is 26.6 Å². The molecule has 0 bridgehead atoms. The summed E-state index contributed by atoms with van der Waals surface area (Å²) in [6.45, 7) is 13.8. The summed E-state index contributed by atoms with van der Waals surface area (Å²) in [5.74, 6) is -5.19. The normalized spacial score (nSPS) is 15.8. The second-order valence-electron chi connectivity index (χ2n) is 26.2. The van der Waals surface area contributed by atoms with Gasteiger partial charge >= 0.3 is 18.1 Å². The van der Waals surface area contributed by atoms with Crippen molar-refractivity contribution in [2.75, 3.05) is 150 Å². The lowest BCUT2D eigenvalue weighted by atomic mass is 9.86. The van der Waals surface area contributed by atoms with E-state index in [1.165, 1.54) is 5.01 Å². The van der Waals surface area contributed by atoms with E-state index >= 15 is 0 Å². The monoisotopic (exact) mass is 1490 g/mol. The van der Waals surface area contributed by atoms with Crippen molar-refractivity contribution in [1.29, 1.82) is 0 Å². The number of urea groups is 1. The molecule has 570 valence electrons. The highest BCUT2D eigenvalue weighted by molar-refractivity contribution is 8.00. The van der Waals surface area contributed by atoms with Crippen LogP contribution in [0.5, 0.6) is 0 Å². The SMILES string of the molecule is COCCOCCOCCOCCOCCOCCOCCOCCC(=O)NCCCC[C@H](NC(=O)CN1C(=O)CC(SC[C@H](NC(=O)OCC[Si](C)(C)C)C(=O)O)C1=O)C(=O)NCCCCCCN1N=C(c2ccc(NC(=O)N3Cc4ccncc4C3)cc2)CC(c2cccc3ncccc23)C1=O. The number of fused-ring (bicyclic) bond motifs is 2. The summed E-state index contributed by atoms with van der Waals surface area (Å²) in [5, 5.41) is 29.9. The molecule has 104 heavy (non-hydrogen) atoms. The number of pyridine rings is 2. The van der Waals surface area contributed by atoms with E-state index in [4.69, 9.17) is 47.7 Å². The number of aromatic nitrogens is 2. The van der Waals surface area contributed by atoms with Gasteiger partial charge in [-0.25, -0.2) is 19.4 Å². The van der Waals surface area contributed by atoms with Crippen LogP contribution in [0, 0.1) is 0 Å². The first-order chi connectivity index (χ1) is 50.4. The Balaban J connectivity index is 0.837. The number of benzene rings is 2. The fraction of sp³-hybridized carbons (Fsp3) is 0.583. The zero-order chi connectivity index (χ0) is 74.3. The molecule has 7 rings (SSSR count). The van der Waals surface area contributed by atoms with E-state index < -0.39 is 73.6 Å². The number of hydrogen-bond acceptors (Lipinski definition) is 22. The van der Waals surface area contributed by atoms with Crippen molar-refractivity contribution >= 4 is 95.7 Å². The highest BCUT2D eigenvalue weighted by Gasteiger charge is 2.41. The number of ether oxygens (including phenoxy) is 9. The Kier molecular flexibility index (Phi) is 36.8. The van der Waals surface area contributed by atoms with Gasteiger partial charge in [0.15, 0.2) is 0 Å². The van der Waals surface area contributed by atoms with Gasteiger partial charge in [-0.2, -0.15) is 5.10 Å². The first kappa shape index (κ1) is 83.2. The molecule has 1 saturated heterocycles. The number of carbonyl (C=O) groups excluding carboxylic acids is 8. The molecule has 0 aliphatic carbocycles. The number of nitrogens with one attached hydrogen (secondary N) is 5. The number of alkyl carbamates (subject to hydrolysis) is 1. The van der Waals surface area contributed by atoms with Crippen LogP contribution in [0.4, 0.5) is 15.3 Å². The van der Waals surface area contributed by atoms with Crippen molar-refractivity contribution in [1.82, 2.24) is 46.0 Å². The number of carbonyl (C=O) groups is 9. The summed E-state index contributed by atoms with van der Waals surface area (Å²) in [6.07, 6.45) is 7.93. The molecule has 0 radical (unpaired) electrons. The number of amides is 9. The third kappa shape index (κ3) is 29.8. The second-order valence-corrected chi connectivity index (χ2v) is 33.1. The highest BCUT2D eigenvalue weighted by atomic mass is 32.2. The highest BCUT2D eigenvalue weighted by Crippen LogP contribution is 2.34. The molecule has 1 fully saturated rings. The van der Waals surface area contributed by atoms with E-state index in [2.05, 4.69) is 56.2 Å². The molecule has 0 spiro atoms. The van der Waals surface area contributed by atoms with Gasteiger partial charge in [0.25, 0.3) is 5.91 Å². The zero-order valence-electron chi connectivity index (χ0n) is 60.2. The Morgan fingerprint density at radius 3 is 1.93 bits per heavy atom. The maximum absolute atomic E-state index is 14.5. The van der Waals surface area contributed by atoms with Gasteiger partial charge < -0.3 is 79.2 Å². The van der Waals surface area contributed by atoms with Crippen molar-refractivity contribution in [3.63, 3.8) is 0 Å². The Labute approximate surface area is 612 Å². The van der Waals surface area contributed by atoms with Crippen LogP contribution >= 0.6 is 11.8 Å². The van der Waals surface area contributed by atoms with Gasteiger partial charge in [-0.05, 0) is 90.7 Å². The molecule has 0 saturated carbocycles. The topological polar surface area (TPSA) is 365 Å². The predicted octanol–water partition coefficient (Wildman–Crippen LogP) is 5.88. The van der Waals surface area contributed by atoms with E-state index in [1.54, 1.807) is 30.6 Å². The van der Waals surface area contributed by atoms with Crippen molar-refractivity contribution in [2.45, 2.75) is 126 Å². The molecule has 2 aromatic carbocycles. The molecule has 4 aromatic rings. The van der Waals surface area contributed by atoms with E-state index in [0.717, 1.165) is 49.8 Å². The molecule has 3 aliphatic rings. The van der Waals surface area contributed by atoms with Crippen LogP contribution in [0.3, 0.4) is 0 Å². The maximum Gasteiger partial charge on any atom is 0.407 e. The number of thioether (sulfide) groups is 1. The van der Waals surface area contributed by atoms with Crippen LogP contribution in [-0.2, 0) is 89.3 Å². The fourth-order valence-electron chi connectivity index (χ4n) is 11.2. The minimum atomic E-state index is -1.54. The molecule has 4 atom stereocenters. The Bertz CT molecular complexity index is 3400. The van der Waals surface area contributed by atoms with Crippen LogP contribution in [0.1, 0.15) is 92.4 Å². The predicted molar refractivity (Wildman–Crippen MR) is 390 cm³/mol. The molecular formula is C72H103N11O19SSi. The van der Waals surface area contributed by atoms with Crippen LogP contribution in [-0.4, -0.2) is 259 Å². The summed E-state index contributed by atoms with van der Waals surface area (Å²) in [5.41, 5.74) is 5.81. The van der Waals surface area contributed by atoms with Crippen LogP contribution in [0.25, 0.3) is 10.9 Å². The Hall–Kier alpha value is -8.05. The van der Waals surface area contributed by atoms with Crippen LogP contribution in [0.15, 0.2) is 84.4 Å². The first-order valence-electron chi connectivity index (χ1n) is 35.7. The quantitative estimate of drug-likeness (QED) is 0.0171. The molecule has 9 amide bonds. The standard InChI is InChI=1S/C72H103N11O19SSi/c1-94-29-30-96-33-34-98-37-38-100-41-42-101-40-39-99-36-35-97-32-31-95-28-22-64(84)75-23-9-7-15-60(78-65(85)50-82-66(86)46-63(69(82)89)103-51-62(70(90)91)79-72(93)102-43-44-104(2,3)4)67(87)76-24-8-5-6-10-27-83-68(88)58(56-13-11-16-59-57(56)14-12-25-74-59)45-61(80-83)52-17-19-55(20-18-52)77-71(92)81-48-53-21-26-73-47-54(53)49-81/h11-14,16-21,25-26,47,58,60,62-63H,5-10,15,22-24,27-46,48-51H2,1-4H3,(H,75,84)(H,76,87)(H,77,92)(H,78,85)(H,79,93)(H,90,91)/t58?,60-,62-,63?/m0/s1. The number of unbranched alkanes of at least 4 members (excludes halogenated alkanes) is 4. The molecule has 2 aromatic heterocycles. The van der Waals surface area contributed by atoms with Crippen LogP contribution in [0.2, 0.25) is 25.7 Å². The largest absolute Gasteiger partial charge is 0.480 e. The van der Waals surface area contributed by atoms with Crippen molar-refractivity contribution in [2.24, 2.45) is 5.10 Å². The third-order valence-electron chi connectivity index (χ3n) is 17.0. The minimum Gasteiger partial charge on any atom is -0.480 e. The summed E-state index contributed by atoms with van der Waals surface area (Å²) in [6, 6.07) is 16.9. The van der Waals surface area contributed by atoms with Gasteiger partial charge in [0.05, 0.1) is 128 Å². The zero-order valence-corrected chi connectivity index (χ0v) is 62.1. The number of anilines is 1. The summed E-state index contributed by atoms with van der Waals surface area (Å²) in [7, 11) is 0.0859. The molecule has 32 heteroatoms. The molecule has 6 N–H and O–H groups in total. The molecule has 30 nitrogen and oxygen atoms in total. The van der Waals surface area contributed by atoms with Gasteiger partial charge in [-0.15, -0.1) is 11.8 Å². The Morgan fingerprint density at radius 1 is 0.644 bits per heavy atom. The van der Waals surface area contributed by atoms with Gasteiger partial charge in [0.1, 0.15) is 18.6 Å². The molecule has 3 aliphatic heterocycles. The lowest BCUT2D eigenvalue weighted by Gasteiger charge is -2.30. The van der Waals surface area contributed by atoms with E-state index in [-0.39, 0.29) is 75.8 Å². The third-order valence-corrected chi connectivity index (χ3v) is 20.0. The lowest BCUT2D eigenvalue weighted by Crippen LogP contribution is -2.50. The smallest absolute Gasteiger partial charge is 0.407 e. The average Bonchev–Trinajstić information content (AvgIpc) is 1.09. The number of aliphatic carboxylic acids is 1. The number of hydrogen-bond donors (Lipinski definition) is 6. The summed E-state index contributed by atoms with van der Waals surface area (Å²) < 4.78 is 48.5. The number of likely N-dealkylation sites (tertiary alicyclic amines) is 1. The maximum atomic E-state index is 14.5. The summed E-state index contributed by atoms with van der Waals surface area (Å²) >= 11 is 0.865. The number of imide groups is 1. The van der Waals surface area contributed by atoms with Gasteiger partial charge in [-0.1, -0.05) is 62.8 Å². The minimum absolute atomic E-state index is 0.107. The van der Waals surface area contributed by atoms with Gasteiger partial charge in [0, 0.05) is 103 Å². The van der Waals surface area contributed by atoms with Crippen molar-refractivity contribution in [3.8, 4) is 0 Å². The van der Waals surface area contributed by atoms with Crippen molar-refractivity contribution < 1.29 is 90.9 Å². The van der Waals surface area contributed by atoms with Gasteiger partial charge in [-0.3, -0.25) is 43.6 Å². The number of hydrazone groups is 1. The first-order valence-corrected chi connectivity index (χ1v) is 40.4. The molecular weight excluding hydrogens is 1380 g/mol. The van der Waals surface area contributed by atoms with E-state index in [9.17, 15) is 48.3 Å². The summed E-state index contributed by atoms with van der Waals surface area (Å²) in [4.78, 5) is 131. The van der Waals surface area contributed by atoms with E-state index in [0.29, 0.717) is 168 Å². The lowest BCUT2D eigenvalue weighted by molar-refractivity contribution is -0.142.